The van der Waals surface area contributed by atoms with Crippen molar-refractivity contribution in [1.82, 2.24) is 9.88 Å². The highest BCUT2D eigenvalue weighted by Crippen LogP contribution is 2.24. The molecule has 29 heavy (non-hydrogen) atoms. The van der Waals surface area contributed by atoms with E-state index in [1.54, 1.807) is 17.3 Å². The van der Waals surface area contributed by atoms with Gasteiger partial charge < -0.3 is 21.2 Å². The van der Waals surface area contributed by atoms with Crippen molar-refractivity contribution in [3.8, 4) is 11.1 Å². The molecule has 0 spiro atoms. The summed E-state index contributed by atoms with van der Waals surface area (Å²) in [5.74, 6) is 5.85. The fourth-order valence-electron chi connectivity index (χ4n) is 3.01. The van der Waals surface area contributed by atoms with Crippen LogP contribution in [0.3, 0.4) is 0 Å². The lowest BCUT2D eigenvalue weighted by atomic mass is 10.0. The van der Waals surface area contributed by atoms with Crippen LogP contribution in [0.4, 0.5) is 5.82 Å². The number of carbonyl (C=O) groups is 1. The second-order valence-corrected chi connectivity index (χ2v) is 7.03. The Balaban J connectivity index is 1.92. The van der Waals surface area contributed by atoms with Crippen molar-refractivity contribution >= 4 is 23.7 Å². The number of nitrogens with zero attached hydrogens (tertiary/aromatic N) is 4. The molecule has 1 aromatic heterocycles. The van der Waals surface area contributed by atoms with Crippen LogP contribution >= 0.6 is 0 Å². The van der Waals surface area contributed by atoms with Gasteiger partial charge in [-0.25, -0.2) is 4.98 Å². The van der Waals surface area contributed by atoms with E-state index in [4.69, 9.17) is 16.3 Å². The van der Waals surface area contributed by atoms with Crippen LogP contribution in [-0.4, -0.2) is 60.1 Å². The molecule has 0 saturated carbocycles. The second-order valence-electron chi connectivity index (χ2n) is 7.03. The van der Waals surface area contributed by atoms with Crippen molar-refractivity contribution < 1.29 is 9.53 Å². The number of anilines is 1. The summed E-state index contributed by atoms with van der Waals surface area (Å²) in [6.07, 6.45) is 3.27. The lowest BCUT2D eigenvalue weighted by Crippen LogP contribution is -2.40. The quantitative estimate of drug-likeness (QED) is 0.456. The molecule has 1 amide bonds. The standard InChI is InChI=1S/C21H26N6O2/c1-14(2)24-13-19(26-23)18-11-17(12-25-20(18)22)15-4-3-5-16(10-15)21(28)27-6-8-29-9-7-27/h3-5,10-14H,6-9,23H2,1-2H3,(H2,22,25). The zero-order valence-electron chi connectivity index (χ0n) is 16.7. The molecule has 0 aliphatic carbocycles. The summed E-state index contributed by atoms with van der Waals surface area (Å²) >= 11 is 0. The predicted molar refractivity (Wildman–Crippen MR) is 115 cm³/mol. The molecular weight excluding hydrogens is 368 g/mol. The highest BCUT2D eigenvalue weighted by Gasteiger charge is 2.19. The predicted octanol–water partition coefficient (Wildman–Crippen LogP) is 1.95. The SMILES string of the molecule is CC(C)N=CC(=NN)c1cc(-c2cccc(C(=O)N3CCOCC3)c2)cnc1N. The Labute approximate surface area is 170 Å². The Bertz CT molecular complexity index is 933. The first-order valence-electron chi connectivity index (χ1n) is 9.54. The van der Waals surface area contributed by atoms with E-state index < -0.39 is 0 Å². The fraction of sp³-hybridized carbons (Fsp3) is 0.333. The molecule has 2 aromatic rings. The van der Waals surface area contributed by atoms with Crippen molar-refractivity contribution in [2.75, 3.05) is 32.0 Å². The molecule has 0 radical (unpaired) electrons. The first-order valence-corrected chi connectivity index (χ1v) is 9.54. The van der Waals surface area contributed by atoms with E-state index in [2.05, 4.69) is 15.1 Å². The normalized spacial score (nSPS) is 15.3. The minimum atomic E-state index is -0.00736. The number of rotatable bonds is 5. The van der Waals surface area contributed by atoms with E-state index in [-0.39, 0.29) is 11.9 Å². The Kier molecular flexibility index (Phi) is 6.56. The summed E-state index contributed by atoms with van der Waals surface area (Å²) in [5.41, 5.74) is 9.38. The molecule has 3 rings (SSSR count). The molecule has 0 atom stereocenters. The van der Waals surface area contributed by atoms with Crippen LogP contribution in [0.2, 0.25) is 0 Å². The number of hydrogen-bond acceptors (Lipinski definition) is 7. The van der Waals surface area contributed by atoms with Gasteiger partial charge in [0, 0.05) is 48.2 Å². The molecule has 1 aliphatic rings. The number of nitrogen functional groups attached to an aromatic ring is 1. The smallest absolute Gasteiger partial charge is 0.254 e. The van der Waals surface area contributed by atoms with Crippen molar-refractivity contribution in [2.24, 2.45) is 15.9 Å². The van der Waals surface area contributed by atoms with Crippen molar-refractivity contribution in [2.45, 2.75) is 19.9 Å². The Morgan fingerprint density at radius 1 is 1.24 bits per heavy atom. The van der Waals surface area contributed by atoms with Crippen LogP contribution in [0.15, 0.2) is 46.6 Å². The van der Waals surface area contributed by atoms with Gasteiger partial charge in [0.2, 0.25) is 0 Å². The Hall–Kier alpha value is -3.26. The largest absolute Gasteiger partial charge is 0.383 e. The van der Waals surface area contributed by atoms with Crippen molar-refractivity contribution in [3.05, 3.63) is 47.7 Å². The maximum atomic E-state index is 12.8. The number of benzene rings is 1. The number of morpholine rings is 1. The third-order valence-electron chi connectivity index (χ3n) is 4.57. The Morgan fingerprint density at radius 2 is 2.00 bits per heavy atom. The molecule has 1 aromatic carbocycles. The van der Waals surface area contributed by atoms with E-state index in [9.17, 15) is 4.79 Å². The maximum Gasteiger partial charge on any atom is 0.254 e. The van der Waals surface area contributed by atoms with Gasteiger partial charge in [0.15, 0.2) is 0 Å². The van der Waals surface area contributed by atoms with Crippen LogP contribution < -0.4 is 11.6 Å². The summed E-state index contributed by atoms with van der Waals surface area (Å²) in [6.45, 7) is 6.25. The number of hydrogen-bond donors (Lipinski definition) is 2. The van der Waals surface area contributed by atoms with Crippen LogP contribution in [0.25, 0.3) is 11.1 Å². The topological polar surface area (TPSA) is 119 Å². The molecule has 8 heteroatoms. The third-order valence-corrected chi connectivity index (χ3v) is 4.57. The molecule has 1 fully saturated rings. The zero-order chi connectivity index (χ0) is 20.8. The van der Waals surface area contributed by atoms with Crippen LogP contribution in [0.5, 0.6) is 0 Å². The summed E-state index contributed by atoms with van der Waals surface area (Å²) in [6, 6.07) is 9.42. The average molecular weight is 394 g/mol. The van der Waals surface area contributed by atoms with Gasteiger partial charge in [0.05, 0.1) is 13.2 Å². The minimum Gasteiger partial charge on any atom is -0.383 e. The maximum absolute atomic E-state index is 12.8. The molecule has 0 unspecified atom stereocenters. The Morgan fingerprint density at radius 3 is 2.69 bits per heavy atom. The van der Waals surface area contributed by atoms with Gasteiger partial charge in [-0.05, 0) is 37.6 Å². The summed E-state index contributed by atoms with van der Waals surface area (Å²) < 4.78 is 5.32. The highest BCUT2D eigenvalue weighted by molar-refractivity contribution is 6.39. The van der Waals surface area contributed by atoms with E-state index in [0.717, 1.165) is 11.1 Å². The molecular formula is C21H26N6O2. The van der Waals surface area contributed by atoms with Gasteiger partial charge in [-0.15, -0.1) is 0 Å². The molecule has 0 bridgehead atoms. The summed E-state index contributed by atoms with van der Waals surface area (Å²) in [7, 11) is 0. The van der Waals surface area contributed by atoms with Gasteiger partial charge in [0.25, 0.3) is 5.91 Å². The number of aliphatic imine (C=N–C) groups is 1. The van der Waals surface area contributed by atoms with Gasteiger partial charge in [-0.2, -0.15) is 5.10 Å². The van der Waals surface area contributed by atoms with E-state index in [0.29, 0.717) is 49.0 Å². The summed E-state index contributed by atoms with van der Waals surface area (Å²) in [4.78, 5) is 23.2. The molecule has 2 heterocycles. The van der Waals surface area contributed by atoms with Crippen molar-refractivity contribution in [3.63, 3.8) is 0 Å². The average Bonchev–Trinajstić information content (AvgIpc) is 2.75. The van der Waals surface area contributed by atoms with Crippen LogP contribution in [0.1, 0.15) is 29.8 Å². The molecule has 152 valence electrons. The van der Waals surface area contributed by atoms with E-state index >= 15 is 0 Å². The van der Waals surface area contributed by atoms with Gasteiger partial charge >= 0.3 is 0 Å². The number of ether oxygens (including phenoxy) is 1. The number of carbonyl (C=O) groups excluding carboxylic acids is 1. The van der Waals surface area contributed by atoms with Gasteiger partial charge in [-0.1, -0.05) is 12.1 Å². The fourth-order valence-corrected chi connectivity index (χ4v) is 3.01. The number of hydrazone groups is 1. The number of nitrogens with two attached hydrogens (primary N) is 2. The van der Waals surface area contributed by atoms with Crippen molar-refractivity contribution in [1.29, 1.82) is 0 Å². The van der Waals surface area contributed by atoms with Gasteiger partial charge in [-0.3, -0.25) is 9.79 Å². The zero-order valence-corrected chi connectivity index (χ0v) is 16.7. The number of aromatic nitrogens is 1. The minimum absolute atomic E-state index is 0.00736. The monoisotopic (exact) mass is 394 g/mol. The third kappa shape index (κ3) is 4.97. The molecule has 1 saturated heterocycles. The number of pyridine rings is 1. The second kappa shape index (κ2) is 9.29. The summed E-state index contributed by atoms with van der Waals surface area (Å²) in [5, 5.41) is 3.81. The van der Waals surface area contributed by atoms with Crippen LogP contribution in [-0.2, 0) is 4.74 Å². The molecule has 4 N–H and O–H groups in total. The first-order chi connectivity index (χ1) is 14.0. The molecule has 1 aliphatic heterocycles. The van der Waals surface area contributed by atoms with Crippen LogP contribution in [0, 0.1) is 0 Å². The van der Waals surface area contributed by atoms with E-state index in [1.165, 1.54) is 0 Å². The first kappa shape index (κ1) is 20.5. The lowest BCUT2D eigenvalue weighted by Gasteiger charge is -2.27. The van der Waals surface area contributed by atoms with E-state index in [1.807, 2.05) is 44.2 Å². The molecule has 8 nitrogen and oxygen atoms in total. The lowest BCUT2D eigenvalue weighted by molar-refractivity contribution is 0.0303. The highest BCUT2D eigenvalue weighted by atomic mass is 16.5. The van der Waals surface area contributed by atoms with Gasteiger partial charge in [0.1, 0.15) is 11.5 Å². The number of amides is 1.